The van der Waals surface area contributed by atoms with Crippen LogP contribution in [-0.2, 0) is 9.47 Å². The molecule has 0 spiro atoms. The molecule has 2 aromatic heterocycles. The number of rotatable bonds is 6. The van der Waals surface area contributed by atoms with Gasteiger partial charge in [0.25, 0.3) is 0 Å². The molecule has 0 aliphatic rings. The van der Waals surface area contributed by atoms with Crippen molar-refractivity contribution < 1.29 is 28.6 Å². The van der Waals surface area contributed by atoms with Crippen LogP contribution >= 0.6 is 0 Å². The molecule has 0 amide bonds. The Hall–Kier alpha value is -4.33. The average Bonchev–Trinajstić information content (AvgIpc) is 3.37. The van der Waals surface area contributed by atoms with Crippen LogP contribution in [0.2, 0.25) is 0 Å². The number of phenols is 1. The first-order valence-electron chi connectivity index (χ1n) is 10.1. The molecule has 0 saturated carbocycles. The van der Waals surface area contributed by atoms with Crippen molar-refractivity contribution in [2.24, 2.45) is 0 Å². The van der Waals surface area contributed by atoms with Gasteiger partial charge in [0.2, 0.25) is 0 Å². The topological polar surface area (TPSA) is 111 Å². The van der Waals surface area contributed by atoms with E-state index in [4.69, 9.17) is 13.9 Å². The third kappa shape index (κ3) is 4.23. The van der Waals surface area contributed by atoms with Crippen molar-refractivity contribution in [1.29, 1.82) is 0 Å². The normalized spacial score (nSPS) is 11.7. The molecule has 8 nitrogen and oxygen atoms in total. The van der Waals surface area contributed by atoms with Gasteiger partial charge >= 0.3 is 11.9 Å². The third-order valence-corrected chi connectivity index (χ3v) is 5.29. The van der Waals surface area contributed by atoms with Crippen LogP contribution in [-0.4, -0.2) is 36.2 Å². The van der Waals surface area contributed by atoms with Gasteiger partial charge in [0.1, 0.15) is 23.1 Å². The lowest BCUT2D eigenvalue weighted by Crippen LogP contribution is -2.16. The van der Waals surface area contributed by atoms with E-state index < -0.39 is 18.0 Å². The van der Waals surface area contributed by atoms with E-state index in [1.807, 2.05) is 25.1 Å². The number of carbonyl (C=O) groups excluding carboxylic acids is 2. The largest absolute Gasteiger partial charge is 0.505 e. The second kappa shape index (κ2) is 9.04. The standard InChI is InChI=1S/C25H22N2O6/c1-14-6-7-15-8-11-18(23(28)21(15)26-14)22(20-5-4-12-33-20)27-19-13-16(24(29)31-2)9-10-17(19)25(30)32-3/h4-13,22,27-28H,1-3H3. The predicted molar refractivity (Wildman–Crippen MR) is 121 cm³/mol. The number of nitrogens with zero attached hydrogens (tertiary/aromatic N) is 1. The quantitative estimate of drug-likeness (QED) is 0.413. The van der Waals surface area contributed by atoms with Crippen LogP contribution < -0.4 is 5.32 Å². The first-order chi connectivity index (χ1) is 15.9. The Balaban J connectivity index is 1.87. The van der Waals surface area contributed by atoms with Crippen molar-refractivity contribution in [3.63, 3.8) is 0 Å². The predicted octanol–water partition coefficient (Wildman–Crippen LogP) is 4.62. The molecular formula is C25H22N2O6. The molecule has 8 heteroatoms. The van der Waals surface area contributed by atoms with Crippen LogP contribution in [0, 0.1) is 6.92 Å². The van der Waals surface area contributed by atoms with Crippen LogP contribution in [0.4, 0.5) is 5.69 Å². The number of hydrogen-bond acceptors (Lipinski definition) is 8. The number of aromatic nitrogens is 1. The molecule has 2 aromatic carbocycles. The smallest absolute Gasteiger partial charge is 0.339 e. The van der Waals surface area contributed by atoms with Crippen molar-refractivity contribution in [3.8, 4) is 5.75 Å². The van der Waals surface area contributed by atoms with E-state index in [-0.39, 0.29) is 16.9 Å². The molecule has 1 unspecified atom stereocenters. The van der Waals surface area contributed by atoms with Crippen molar-refractivity contribution in [2.75, 3.05) is 19.5 Å². The number of methoxy groups -OCH3 is 2. The fourth-order valence-corrected chi connectivity index (χ4v) is 3.63. The van der Waals surface area contributed by atoms with Gasteiger partial charge in [0.15, 0.2) is 0 Å². The highest BCUT2D eigenvalue weighted by atomic mass is 16.5. The molecule has 4 rings (SSSR count). The number of esters is 2. The minimum Gasteiger partial charge on any atom is -0.505 e. The summed E-state index contributed by atoms with van der Waals surface area (Å²) in [5.74, 6) is -0.685. The lowest BCUT2D eigenvalue weighted by molar-refractivity contribution is 0.0587. The number of anilines is 1. The van der Waals surface area contributed by atoms with Gasteiger partial charge in [0.05, 0.1) is 37.3 Å². The average molecular weight is 446 g/mol. The Morgan fingerprint density at radius 2 is 1.79 bits per heavy atom. The second-order valence-corrected chi connectivity index (χ2v) is 7.36. The molecule has 0 saturated heterocycles. The van der Waals surface area contributed by atoms with Crippen LogP contribution in [0.5, 0.6) is 5.75 Å². The number of hydrogen-bond donors (Lipinski definition) is 2. The van der Waals surface area contributed by atoms with Gasteiger partial charge in [-0.25, -0.2) is 14.6 Å². The summed E-state index contributed by atoms with van der Waals surface area (Å²) >= 11 is 0. The fourth-order valence-electron chi connectivity index (χ4n) is 3.63. The zero-order valence-electron chi connectivity index (χ0n) is 18.3. The highest BCUT2D eigenvalue weighted by Crippen LogP contribution is 2.37. The minimum absolute atomic E-state index is 0.0196. The first-order valence-corrected chi connectivity index (χ1v) is 10.1. The summed E-state index contributed by atoms with van der Waals surface area (Å²) in [6, 6.07) is 14.6. The molecule has 4 aromatic rings. The molecule has 2 heterocycles. The van der Waals surface area contributed by atoms with E-state index >= 15 is 0 Å². The Morgan fingerprint density at radius 1 is 1.03 bits per heavy atom. The van der Waals surface area contributed by atoms with Gasteiger partial charge < -0.3 is 24.3 Å². The van der Waals surface area contributed by atoms with Crippen LogP contribution in [0.15, 0.2) is 65.3 Å². The van der Waals surface area contributed by atoms with Crippen molar-refractivity contribution >= 4 is 28.5 Å². The summed E-state index contributed by atoms with van der Waals surface area (Å²) in [5, 5.41) is 15.1. The number of pyridine rings is 1. The number of ether oxygens (including phenoxy) is 2. The molecule has 0 aliphatic carbocycles. The van der Waals surface area contributed by atoms with Gasteiger partial charge in [-0.2, -0.15) is 0 Å². The maximum atomic E-state index is 12.4. The maximum absolute atomic E-state index is 12.4. The fraction of sp³-hybridized carbons (Fsp3) is 0.160. The Bertz CT molecular complexity index is 1330. The van der Waals surface area contributed by atoms with Gasteiger partial charge in [-0.1, -0.05) is 18.2 Å². The van der Waals surface area contributed by atoms with Crippen LogP contribution in [0.1, 0.15) is 43.8 Å². The summed E-state index contributed by atoms with van der Waals surface area (Å²) < 4.78 is 15.3. The highest BCUT2D eigenvalue weighted by Gasteiger charge is 2.25. The zero-order valence-corrected chi connectivity index (χ0v) is 18.3. The number of carbonyl (C=O) groups is 2. The lowest BCUT2D eigenvalue weighted by Gasteiger charge is -2.22. The summed E-state index contributed by atoms with van der Waals surface area (Å²) in [4.78, 5) is 29.0. The highest BCUT2D eigenvalue weighted by molar-refractivity contribution is 5.99. The maximum Gasteiger partial charge on any atom is 0.339 e. The minimum atomic E-state index is -0.706. The molecule has 1 atom stereocenters. The molecule has 168 valence electrons. The van der Waals surface area contributed by atoms with E-state index in [9.17, 15) is 14.7 Å². The van der Waals surface area contributed by atoms with Crippen LogP contribution in [0.25, 0.3) is 10.9 Å². The molecule has 33 heavy (non-hydrogen) atoms. The summed E-state index contributed by atoms with van der Waals surface area (Å²) in [7, 11) is 2.55. The number of benzene rings is 2. The van der Waals surface area contributed by atoms with E-state index in [0.717, 1.165) is 11.1 Å². The number of phenolic OH excluding ortho intramolecular Hbond substituents is 1. The van der Waals surface area contributed by atoms with Crippen molar-refractivity contribution in [2.45, 2.75) is 13.0 Å². The molecule has 0 fully saturated rings. The zero-order chi connectivity index (χ0) is 23.5. The van der Waals surface area contributed by atoms with E-state index in [1.54, 1.807) is 18.2 Å². The SMILES string of the molecule is COC(=O)c1ccc(C(=O)OC)c(NC(c2ccco2)c2ccc3ccc(C)nc3c2O)c1. The van der Waals surface area contributed by atoms with E-state index in [0.29, 0.717) is 22.5 Å². The Morgan fingerprint density at radius 3 is 2.48 bits per heavy atom. The van der Waals surface area contributed by atoms with Crippen molar-refractivity contribution in [3.05, 3.63) is 89.0 Å². The summed E-state index contributed by atoms with van der Waals surface area (Å²) in [5.41, 5.74) is 2.44. The van der Waals surface area contributed by atoms with Gasteiger partial charge in [-0.15, -0.1) is 0 Å². The van der Waals surface area contributed by atoms with E-state index in [1.165, 1.54) is 38.7 Å². The number of aryl methyl sites for hydroxylation is 1. The molecule has 0 bridgehead atoms. The van der Waals surface area contributed by atoms with Gasteiger partial charge in [-0.3, -0.25) is 0 Å². The number of aromatic hydroxyl groups is 1. The number of furan rings is 1. The van der Waals surface area contributed by atoms with E-state index in [2.05, 4.69) is 10.3 Å². The monoisotopic (exact) mass is 446 g/mol. The summed E-state index contributed by atoms with van der Waals surface area (Å²) in [6.07, 6.45) is 1.51. The Labute approximate surface area is 189 Å². The number of fused-ring (bicyclic) bond motifs is 1. The van der Waals surface area contributed by atoms with Gasteiger partial charge in [-0.05, 0) is 43.3 Å². The Kier molecular flexibility index (Phi) is 5.99. The molecule has 0 radical (unpaired) electrons. The lowest BCUT2D eigenvalue weighted by atomic mass is 9.99. The number of nitrogens with one attached hydrogen (secondary N) is 1. The van der Waals surface area contributed by atoms with Crippen molar-refractivity contribution in [1.82, 2.24) is 4.98 Å². The molecule has 0 aliphatic heterocycles. The first kappa shape index (κ1) is 21.9. The molecular weight excluding hydrogens is 424 g/mol. The van der Waals surface area contributed by atoms with Gasteiger partial charge in [0, 0.05) is 16.6 Å². The van der Waals surface area contributed by atoms with Crippen LogP contribution in [0.3, 0.4) is 0 Å². The molecule has 2 N–H and O–H groups in total. The third-order valence-electron chi connectivity index (χ3n) is 5.29. The second-order valence-electron chi connectivity index (χ2n) is 7.36. The summed E-state index contributed by atoms with van der Waals surface area (Å²) in [6.45, 7) is 1.84.